The average Bonchev–Trinajstić information content (AvgIpc) is 2.32. The summed E-state index contributed by atoms with van der Waals surface area (Å²) in [5.41, 5.74) is 0. The van der Waals surface area contributed by atoms with Gasteiger partial charge in [-0.15, -0.1) is 0 Å². The van der Waals surface area contributed by atoms with E-state index in [1.165, 1.54) is 51.7 Å². The molecule has 0 amide bonds. The summed E-state index contributed by atoms with van der Waals surface area (Å²) < 4.78 is 0. The second-order valence-electron chi connectivity index (χ2n) is 5.28. The van der Waals surface area contributed by atoms with Gasteiger partial charge in [-0.3, -0.25) is 0 Å². The van der Waals surface area contributed by atoms with Crippen LogP contribution < -0.4 is 5.32 Å². The van der Waals surface area contributed by atoms with E-state index in [-0.39, 0.29) is 0 Å². The van der Waals surface area contributed by atoms with Gasteiger partial charge in [-0.2, -0.15) is 0 Å². The minimum Gasteiger partial charge on any atom is -0.312 e. The zero-order valence-corrected chi connectivity index (χ0v) is 12.8. The van der Waals surface area contributed by atoms with E-state index in [4.69, 9.17) is 0 Å². The third-order valence-electron chi connectivity index (χ3n) is 3.57. The summed E-state index contributed by atoms with van der Waals surface area (Å²) in [7, 11) is 0. The van der Waals surface area contributed by atoms with E-state index in [9.17, 15) is 0 Å². The fourth-order valence-electron chi connectivity index (χ4n) is 2.32. The first-order chi connectivity index (χ1) is 8.13. The summed E-state index contributed by atoms with van der Waals surface area (Å²) in [5, 5.41) is 3.71. The van der Waals surface area contributed by atoms with Crippen molar-refractivity contribution in [3.05, 3.63) is 0 Å². The quantitative estimate of drug-likeness (QED) is 0.595. The maximum atomic E-state index is 3.71. The van der Waals surface area contributed by atoms with E-state index < -0.39 is 0 Å². The van der Waals surface area contributed by atoms with Crippen molar-refractivity contribution in [2.75, 3.05) is 19.6 Å². The molecule has 0 radical (unpaired) electrons. The monoisotopic (exact) mass is 242 g/mol. The maximum Gasteiger partial charge on any atom is 0.00416 e. The first-order valence-electron chi connectivity index (χ1n) is 7.62. The van der Waals surface area contributed by atoms with Gasteiger partial charge in [0.1, 0.15) is 0 Å². The molecule has 0 rings (SSSR count). The lowest BCUT2D eigenvalue weighted by Gasteiger charge is -2.22. The second kappa shape index (κ2) is 11.0. The Morgan fingerprint density at radius 1 is 0.882 bits per heavy atom. The summed E-state index contributed by atoms with van der Waals surface area (Å²) in [5.74, 6) is 0. The van der Waals surface area contributed by atoms with E-state index in [2.05, 4.69) is 44.8 Å². The highest BCUT2D eigenvalue weighted by Crippen LogP contribution is 2.04. The average molecular weight is 242 g/mol. The molecule has 0 saturated carbocycles. The van der Waals surface area contributed by atoms with E-state index in [1.807, 2.05) is 0 Å². The molecule has 0 aliphatic heterocycles. The molecule has 2 atom stereocenters. The lowest BCUT2D eigenvalue weighted by molar-refractivity contribution is 0.287. The molecule has 0 aromatic heterocycles. The Morgan fingerprint density at radius 3 is 1.88 bits per heavy atom. The van der Waals surface area contributed by atoms with Gasteiger partial charge in [-0.1, -0.05) is 33.6 Å². The van der Waals surface area contributed by atoms with Crippen molar-refractivity contribution in [3.63, 3.8) is 0 Å². The van der Waals surface area contributed by atoms with Gasteiger partial charge in [0.15, 0.2) is 0 Å². The molecule has 0 aliphatic carbocycles. The van der Waals surface area contributed by atoms with Gasteiger partial charge in [0.2, 0.25) is 0 Å². The van der Waals surface area contributed by atoms with Crippen molar-refractivity contribution in [2.45, 2.75) is 78.8 Å². The summed E-state index contributed by atoms with van der Waals surface area (Å²) in [6.07, 6.45) is 6.59. The van der Waals surface area contributed by atoms with E-state index >= 15 is 0 Å². The highest BCUT2D eigenvalue weighted by atomic mass is 15.1. The summed E-state index contributed by atoms with van der Waals surface area (Å²) in [6, 6.07) is 1.34. The first kappa shape index (κ1) is 16.9. The molecule has 0 aliphatic rings. The Bertz CT molecular complexity index is 155. The fraction of sp³-hybridized carbons (Fsp3) is 1.00. The molecular weight excluding hydrogens is 208 g/mol. The molecule has 104 valence electrons. The number of nitrogens with zero attached hydrogens (tertiary/aromatic N) is 1. The van der Waals surface area contributed by atoms with Crippen molar-refractivity contribution in [2.24, 2.45) is 0 Å². The third kappa shape index (κ3) is 9.61. The molecule has 0 heterocycles. The van der Waals surface area contributed by atoms with Crippen LogP contribution in [0.25, 0.3) is 0 Å². The van der Waals surface area contributed by atoms with Gasteiger partial charge in [-0.25, -0.2) is 0 Å². The van der Waals surface area contributed by atoms with E-state index in [0.29, 0.717) is 12.1 Å². The van der Waals surface area contributed by atoms with Gasteiger partial charge in [0.05, 0.1) is 0 Å². The maximum absolute atomic E-state index is 3.71. The molecule has 0 spiro atoms. The number of rotatable bonds is 11. The molecule has 0 aromatic carbocycles. The van der Waals surface area contributed by atoms with Crippen LogP contribution in [-0.4, -0.2) is 36.6 Å². The lowest BCUT2D eigenvalue weighted by atomic mass is 10.1. The highest BCUT2D eigenvalue weighted by molar-refractivity contribution is 4.68. The normalized spacial score (nSPS) is 15.2. The standard InChI is InChI=1S/C15H34N2/c1-6-9-11-14(4)16-15(5)12-10-13-17(7-2)8-3/h14-16H,6-13H2,1-5H3. The zero-order valence-electron chi connectivity index (χ0n) is 12.8. The molecule has 0 fully saturated rings. The second-order valence-corrected chi connectivity index (χ2v) is 5.28. The van der Waals surface area contributed by atoms with Crippen molar-refractivity contribution in [3.8, 4) is 0 Å². The molecular formula is C15H34N2. The predicted molar refractivity (Wildman–Crippen MR) is 78.6 cm³/mol. The largest absolute Gasteiger partial charge is 0.312 e. The smallest absolute Gasteiger partial charge is 0.00416 e. The van der Waals surface area contributed by atoms with Crippen molar-refractivity contribution in [1.82, 2.24) is 10.2 Å². The summed E-state index contributed by atoms with van der Waals surface area (Å²) >= 11 is 0. The summed E-state index contributed by atoms with van der Waals surface area (Å²) in [6.45, 7) is 15.0. The first-order valence-corrected chi connectivity index (χ1v) is 7.62. The molecule has 17 heavy (non-hydrogen) atoms. The fourth-order valence-corrected chi connectivity index (χ4v) is 2.32. The van der Waals surface area contributed by atoms with Crippen LogP contribution in [0.4, 0.5) is 0 Å². The van der Waals surface area contributed by atoms with Crippen LogP contribution in [-0.2, 0) is 0 Å². The molecule has 0 saturated heterocycles. The zero-order chi connectivity index (χ0) is 13.1. The molecule has 2 unspecified atom stereocenters. The number of hydrogen-bond donors (Lipinski definition) is 1. The molecule has 0 aromatic rings. The Labute approximate surface area is 109 Å². The molecule has 1 N–H and O–H groups in total. The van der Waals surface area contributed by atoms with Gasteiger partial charge in [0, 0.05) is 12.1 Å². The van der Waals surface area contributed by atoms with Gasteiger partial charge >= 0.3 is 0 Å². The van der Waals surface area contributed by atoms with Crippen molar-refractivity contribution < 1.29 is 0 Å². The Balaban J connectivity index is 3.54. The Morgan fingerprint density at radius 2 is 1.41 bits per heavy atom. The third-order valence-corrected chi connectivity index (χ3v) is 3.57. The van der Waals surface area contributed by atoms with Crippen LogP contribution in [0.2, 0.25) is 0 Å². The van der Waals surface area contributed by atoms with Gasteiger partial charge in [0.25, 0.3) is 0 Å². The van der Waals surface area contributed by atoms with Crippen LogP contribution in [0.5, 0.6) is 0 Å². The Hall–Kier alpha value is -0.0800. The predicted octanol–water partition coefficient (Wildman–Crippen LogP) is 3.67. The van der Waals surface area contributed by atoms with Crippen LogP contribution in [0.15, 0.2) is 0 Å². The van der Waals surface area contributed by atoms with Crippen LogP contribution in [0.3, 0.4) is 0 Å². The number of nitrogens with one attached hydrogen (secondary N) is 1. The lowest BCUT2D eigenvalue weighted by Crippen LogP contribution is -2.35. The highest BCUT2D eigenvalue weighted by Gasteiger charge is 2.07. The van der Waals surface area contributed by atoms with Crippen LogP contribution in [0.1, 0.15) is 66.7 Å². The number of hydrogen-bond acceptors (Lipinski definition) is 2. The summed E-state index contributed by atoms with van der Waals surface area (Å²) in [4.78, 5) is 2.51. The van der Waals surface area contributed by atoms with Crippen LogP contribution in [0, 0.1) is 0 Å². The minimum absolute atomic E-state index is 0.664. The topological polar surface area (TPSA) is 15.3 Å². The van der Waals surface area contributed by atoms with E-state index in [1.54, 1.807) is 0 Å². The van der Waals surface area contributed by atoms with Crippen molar-refractivity contribution in [1.29, 1.82) is 0 Å². The van der Waals surface area contributed by atoms with E-state index in [0.717, 1.165) is 0 Å². The minimum atomic E-state index is 0.664. The van der Waals surface area contributed by atoms with Gasteiger partial charge in [-0.05, 0) is 52.7 Å². The molecule has 0 bridgehead atoms. The van der Waals surface area contributed by atoms with Crippen molar-refractivity contribution >= 4 is 0 Å². The van der Waals surface area contributed by atoms with Gasteiger partial charge < -0.3 is 10.2 Å². The van der Waals surface area contributed by atoms with Crippen LogP contribution >= 0.6 is 0 Å². The molecule has 2 heteroatoms. The SMILES string of the molecule is CCCCC(C)NC(C)CCCN(CC)CC. The number of unbranched alkanes of at least 4 members (excludes halogenated alkanes) is 1. The Kier molecular flexibility index (Phi) is 11.0. The molecule has 2 nitrogen and oxygen atoms in total.